The van der Waals surface area contributed by atoms with Gasteiger partial charge in [0.25, 0.3) is 5.91 Å². The molecule has 20 heavy (non-hydrogen) atoms. The summed E-state index contributed by atoms with van der Waals surface area (Å²) in [5.74, 6) is -0.938. The van der Waals surface area contributed by atoms with Gasteiger partial charge in [0.1, 0.15) is 5.82 Å². The van der Waals surface area contributed by atoms with Crippen LogP contribution in [0.2, 0.25) is 0 Å². The number of carbonyl (C=O) groups excluding carboxylic acids is 1. The lowest BCUT2D eigenvalue weighted by Gasteiger charge is -2.17. The monoisotopic (exact) mass is 335 g/mol. The average Bonchev–Trinajstić information content (AvgIpc) is 2.48. The van der Waals surface area contributed by atoms with Crippen LogP contribution >= 0.6 is 15.9 Å². The van der Waals surface area contributed by atoms with Gasteiger partial charge in [0.05, 0.1) is 16.1 Å². The van der Waals surface area contributed by atoms with Gasteiger partial charge >= 0.3 is 0 Å². The quantitative estimate of drug-likeness (QED) is 0.877. The van der Waals surface area contributed by atoms with Crippen LogP contribution in [0.3, 0.4) is 0 Å². The smallest absolute Gasteiger partial charge is 0.254 e. The molecule has 0 saturated heterocycles. The van der Waals surface area contributed by atoms with Crippen LogP contribution in [0.1, 0.15) is 35.3 Å². The van der Waals surface area contributed by atoms with Gasteiger partial charge in [-0.05, 0) is 40.0 Å². The van der Waals surface area contributed by atoms with Gasteiger partial charge in [0, 0.05) is 0 Å². The summed E-state index contributed by atoms with van der Waals surface area (Å²) >= 11 is 3.09. The first-order valence-electron chi connectivity index (χ1n) is 6.43. The number of hydrogen-bond donors (Lipinski definition) is 1. The van der Waals surface area contributed by atoms with Crippen LogP contribution < -0.4 is 5.32 Å². The van der Waals surface area contributed by atoms with Crippen molar-refractivity contribution < 1.29 is 9.18 Å². The largest absolute Gasteiger partial charge is 0.345 e. The van der Waals surface area contributed by atoms with Crippen molar-refractivity contribution in [3.8, 4) is 0 Å². The maximum Gasteiger partial charge on any atom is 0.254 e. The molecule has 2 nitrogen and oxygen atoms in total. The molecule has 1 atom stereocenters. The number of carbonyl (C=O) groups is 1. The van der Waals surface area contributed by atoms with Crippen LogP contribution in [-0.2, 0) is 0 Å². The normalized spacial score (nSPS) is 11.9. The SMILES string of the molecule is CCC(NC(=O)c1cccc(Br)c1F)c1ccccc1. The summed E-state index contributed by atoms with van der Waals surface area (Å²) in [5, 5.41) is 2.87. The fourth-order valence-corrected chi connectivity index (χ4v) is 2.39. The highest BCUT2D eigenvalue weighted by Gasteiger charge is 2.17. The van der Waals surface area contributed by atoms with E-state index in [-0.39, 0.29) is 16.1 Å². The number of rotatable bonds is 4. The van der Waals surface area contributed by atoms with Gasteiger partial charge < -0.3 is 5.32 Å². The minimum atomic E-state index is -0.534. The predicted octanol–water partition coefficient (Wildman–Crippen LogP) is 4.47. The van der Waals surface area contributed by atoms with Crippen LogP contribution in [0, 0.1) is 5.82 Å². The molecule has 2 aromatic rings. The molecule has 2 rings (SSSR count). The van der Waals surface area contributed by atoms with Crippen LogP contribution in [0.4, 0.5) is 4.39 Å². The summed E-state index contributed by atoms with van der Waals surface area (Å²) in [6.45, 7) is 1.98. The second-order valence-electron chi connectivity index (χ2n) is 4.45. The number of hydrogen-bond acceptors (Lipinski definition) is 1. The molecule has 104 valence electrons. The van der Waals surface area contributed by atoms with E-state index < -0.39 is 11.7 Å². The second kappa shape index (κ2) is 6.66. The highest BCUT2D eigenvalue weighted by molar-refractivity contribution is 9.10. The highest BCUT2D eigenvalue weighted by atomic mass is 79.9. The zero-order valence-corrected chi connectivity index (χ0v) is 12.7. The molecule has 0 saturated carbocycles. The summed E-state index contributed by atoms with van der Waals surface area (Å²) in [6.07, 6.45) is 0.741. The summed E-state index contributed by atoms with van der Waals surface area (Å²) in [7, 11) is 0. The third-order valence-corrected chi connectivity index (χ3v) is 3.72. The van der Waals surface area contributed by atoms with Crippen molar-refractivity contribution in [2.75, 3.05) is 0 Å². The molecule has 1 amide bonds. The Balaban J connectivity index is 2.20. The Labute approximate surface area is 126 Å². The van der Waals surface area contributed by atoms with Crippen LogP contribution in [-0.4, -0.2) is 5.91 Å². The number of benzene rings is 2. The molecule has 0 bridgehead atoms. The molecule has 0 radical (unpaired) electrons. The van der Waals surface area contributed by atoms with Gasteiger partial charge in [-0.3, -0.25) is 4.79 Å². The van der Waals surface area contributed by atoms with Crippen molar-refractivity contribution in [1.29, 1.82) is 0 Å². The Kier molecular flexibility index (Phi) is 4.90. The predicted molar refractivity (Wildman–Crippen MR) is 81.0 cm³/mol. The van der Waals surface area contributed by atoms with E-state index in [2.05, 4.69) is 21.2 Å². The molecule has 0 aliphatic rings. The Hall–Kier alpha value is -1.68. The fraction of sp³-hybridized carbons (Fsp3) is 0.188. The third-order valence-electron chi connectivity index (χ3n) is 3.11. The minimum absolute atomic E-state index is 0.0498. The van der Waals surface area contributed by atoms with E-state index in [1.54, 1.807) is 12.1 Å². The molecule has 0 spiro atoms. The first-order valence-corrected chi connectivity index (χ1v) is 7.22. The standard InChI is InChI=1S/C16H15BrFNO/c1-2-14(11-7-4-3-5-8-11)19-16(20)12-9-6-10-13(17)15(12)18/h3-10,14H,2H2,1H3,(H,19,20). The van der Waals surface area contributed by atoms with Gasteiger partial charge in [0.15, 0.2) is 0 Å². The van der Waals surface area contributed by atoms with E-state index in [1.807, 2.05) is 37.3 Å². The lowest BCUT2D eigenvalue weighted by molar-refractivity contribution is 0.0931. The topological polar surface area (TPSA) is 29.1 Å². The fourth-order valence-electron chi connectivity index (χ4n) is 2.02. The maximum absolute atomic E-state index is 13.9. The number of halogens is 2. The lowest BCUT2D eigenvalue weighted by atomic mass is 10.0. The van der Waals surface area contributed by atoms with Crippen LogP contribution in [0.5, 0.6) is 0 Å². The molecule has 2 aromatic carbocycles. The third kappa shape index (κ3) is 3.25. The first kappa shape index (κ1) is 14.7. The van der Waals surface area contributed by atoms with Crippen molar-refractivity contribution in [2.24, 2.45) is 0 Å². The second-order valence-corrected chi connectivity index (χ2v) is 5.30. The molecule has 0 aromatic heterocycles. The van der Waals surface area contributed by atoms with Gasteiger partial charge in [-0.15, -0.1) is 0 Å². The van der Waals surface area contributed by atoms with E-state index in [0.717, 1.165) is 12.0 Å². The summed E-state index contributed by atoms with van der Waals surface area (Å²) < 4.78 is 14.2. The van der Waals surface area contributed by atoms with E-state index in [0.29, 0.717) is 0 Å². The summed E-state index contributed by atoms with van der Waals surface area (Å²) in [6, 6.07) is 14.2. The number of nitrogens with one attached hydrogen (secondary N) is 1. The Morgan fingerprint density at radius 2 is 1.90 bits per heavy atom. The lowest BCUT2D eigenvalue weighted by Crippen LogP contribution is -2.28. The van der Waals surface area contributed by atoms with Crippen molar-refractivity contribution >= 4 is 21.8 Å². The zero-order chi connectivity index (χ0) is 14.5. The van der Waals surface area contributed by atoms with Gasteiger partial charge in [0.2, 0.25) is 0 Å². The molecular formula is C16H15BrFNO. The van der Waals surface area contributed by atoms with E-state index >= 15 is 0 Å². The Morgan fingerprint density at radius 1 is 1.20 bits per heavy atom. The summed E-state index contributed by atoms with van der Waals surface area (Å²) in [5.41, 5.74) is 1.06. The molecular weight excluding hydrogens is 321 g/mol. The van der Waals surface area contributed by atoms with E-state index in [1.165, 1.54) is 6.07 Å². The maximum atomic E-state index is 13.9. The van der Waals surface area contributed by atoms with E-state index in [4.69, 9.17) is 0 Å². The summed E-state index contributed by atoms with van der Waals surface area (Å²) in [4.78, 5) is 12.2. The molecule has 1 unspecified atom stereocenters. The number of amides is 1. The minimum Gasteiger partial charge on any atom is -0.345 e. The van der Waals surface area contributed by atoms with Crippen LogP contribution in [0.15, 0.2) is 53.0 Å². The van der Waals surface area contributed by atoms with Gasteiger partial charge in [-0.25, -0.2) is 4.39 Å². The van der Waals surface area contributed by atoms with E-state index in [9.17, 15) is 9.18 Å². The molecule has 0 aliphatic heterocycles. The van der Waals surface area contributed by atoms with Gasteiger partial charge in [-0.1, -0.05) is 43.3 Å². The molecule has 1 N–H and O–H groups in total. The molecule has 4 heteroatoms. The van der Waals surface area contributed by atoms with Gasteiger partial charge in [-0.2, -0.15) is 0 Å². The Bertz CT molecular complexity index is 601. The molecule has 0 heterocycles. The van der Waals surface area contributed by atoms with Crippen molar-refractivity contribution in [3.63, 3.8) is 0 Å². The molecule has 0 fully saturated rings. The van der Waals surface area contributed by atoms with Crippen molar-refractivity contribution in [2.45, 2.75) is 19.4 Å². The van der Waals surface area contributed by atoms with Crippen molar-refractivity contribution in [3.05, 3.63) is 69.9 Å². The average molecular weight is 336 g/mol. The highest BCUT2D eigenvalue weighted by Crippen LogP contribution is 2.21. The van der Waals surface area contributed by atoms with Crippen LogP contribution in [0.25, 0.3) is 0 Å². The first-order chi connectivity index (χ1) is 9.63. The Morgan fingerprint density at radius 3 is 2.55 bits per heavy atom. The zero-order valence-electron chi connectivity index (χ0n) is 11.1. The molecule has 0 aliphatic carbocycles. The van der Waals surface area contributed by atoms with Crippen molar-refractivity contribution in [1.82, 2.24) is 5.32 Å².